The van der Waals surface area contributed by atoms with E-state index in [9.17, 15) is 0 Å². The summed E-state index contributed by atoms with van der Waals surface area (Å²) in [4.78, 5) is 5.34. The molecule has 1 saturated heterocycles. The third-order valence-electron chi connectivity index (χ3n) is 1.64. The summed E-state index contributed by atoms with van der Waals surface area (Å²) in [6.45, 7) is 0. The molecule has 4 heteroatoms. The lowest BCUT2D eigenvalue weighted by atomic mass is 10.4. The van der Waals surface area contributed by atoms with Crippen LogP contribution in [0.15, 0.2) is 24.4 Å². The molecule has 0 N–H and O–H groups in total. The quantitative estimate of drug-likeness (QED) is 0.485. The highest BCUT2D eigenvalue weighted by molar-refractivity contribution is 5.62. The number of allylic oxidation sites excluding steroid dienone is 2. The fourth-order valence-corrected chi connectivity index (χ4v) is 1.04. The summed E-state index contributed by atoms with van der Waals surface area (Å²) in [6.07, 6.45) is 8.02. The largest absolute Gasteiger partial charge is 0.576 e. The minimum absolute atomic E-state index is 0.104. The Morgan fingerprint density at radius 3 is 2.92 bits per heavy atom. The van der Waals surface area contributed by atoms with Crippen LogP contribution in [0.5, 0.6) is 0 Å². The summed E-state index contributed by atoms with van der Waals surface area (Å²) in [5, 5.41) is 1.66. The van der Waals surface area contributed by atoms with Crippen LogP contribution in [-0.2, 0) is 9.57 Å². The van der Waals surface area contributed by atoms with Gasteiger partial charge in [-0.05, 0) is 12.2 Å². The van der Waals surface area contributed by atoms with E-state index in [1.165, 1.54) is 0 Å². The van der Waals surface area contributed by atoms with Crippen LogP contribution in [0, 0.1) is 0 Å². The van der Waals surface area contributed by atoms with E-state index in [1.54, 1.807) is 9.64 Å². The van der Waals surface area contributed by atoms with Crippen molar-refractivity contribution >= 4 is 6.08 Å². The zero-order chi connectivity index (χ0) is 8.55. The van der Waals surface area contributed by atoms with Crippen LogP contribution in [-0.4, -0.2) is 36.0 Å². The zero-order valence-electron chi connectivity index (χ0n) is 7.10. The summed E-state index contributed by atoms with van der Waals surface area (Å²) in [5.74, 6) is 0. The summed E-state index contributed by atoms with van der Waals surface area (Å²) < 4.78 is 7.23. The Morgan fingerprint density at radius 1 is 1.42 bits per heavy atom. The predicted molar refractivity (Wildman–Crippen MR) is 43.2 cm³/mol. The van der Waals surface area contributed by atoms with Gasteiger partial charge in [-0.15, -0.1) is 0 Å². The molecule has 2 aliphatic heterocycles. The maximum absolute atomic E-state index is 5.44. The van der Waals surface area contributed by atoms with Crippen molar-refractivity contribution in [2.45, 2.75) is 6.23 Å². The Hall–Kier alpha value is -1.45. The van der Waals surface area contributed by atoms with Crippen LogP contribution >= 0.6 is 0 Å². The van der Waals surface area contributed by atoms with E-state index < -0.39 is 0 Å². The molecular formula is C8H11N2O2+. The molecule has 64 valence electrons. The van der Waals surface area contributed by atoms with Gasteiger partial charge < -0.3 is 4.74 Å². The van der Waals surface area contributed by atoms with Crippen LogP contribution in [0.3, 0.4) is 0 Å². The fraction of sp³-hybridized carbons (Fsp3) is 0.375. The normalized spacial score (nSPS) is 25.0. The third kappa shape index (κ3) is 1.05. The maximum atomic E-state index is 5.44. The number of hydrogen-bond donors (Lipinski definition) is 0. The molecule has 0 bridgehead atoms. The molecule has 1 atom stereocenters. The monoisotopic (exact) mass is 167 g/mol. The van der Waals surface area contributed by atoms with Gasteiger partial charge in [0.1, 0.15) is 14.1 Å². The first-order chi connectivity index (χ1) is 5.77. The van der Waals surface area contributed by atoms with Crippen LogP contribution in [0.4, 0.5) is 0 Å². The van der Waals surface area contributed by atoms with Gasteiger partial charge in [0.15, 0.2) is 0 Å². The fourth-order valence-electron chi connectivity index (χ4n) is 1.04. The second-order valence-corrected chi connectivity index (χ2v) is 2.85. The van der Waals surface area contributed by atoms with E-state index in [0.717, 1.165) is 0 Å². The van der Waals surface area contributed by atoms with E-state index in [2.05, 4.69) is 0 Å². The van der Waals surface area contributed by atoms with Crippen LogP contribution in [0.1, 0.15) is 0 Å². The van der Waals surface area contributed by atoms with Gasteiger partial charge in [0.25, 0.3) is 0 Å². The highest BCUT2D eigenvalue weighted by Crippen LogP contribution is 2.17. The van der Waals surface area contributed by atoms with Crippen molar-refractivity contribution in [3.05, 3.63) is 24.4 Å². The SMILES string of the molecule is C[N+](C)=C1OC2C=CC=CN2O1. The molecule has 1 fully saturated rings. The molecule has 1 unspecified atom stereocenters. The minimum atomic E-state index is -0.104. The maximum Gasteiger partial charge on any atom is 0.576 e. The average Bonchev–Trinajstić information content (AvgIpc) is 2.46. The van der Waals surface area contributed by atoms with Gasteiger partial charge in [-0.2, -0.15) is 9.64 Å². The minimum Gasteiger partial charge on any atom is -0.382 e. The third-order valence-corrected chi connectivity index (χ3v) is 1.64. The molecule has 0 radical (unpaired) electrons. The van der Waals surface area contributed by atoms with E-state index in [1.807, 2.05) is 38.5 Å². The Kier molecular flexibility index (Phi) is 1.53. The number of fused-ring (bicyclic) bond motifs is 1. The Labute approximate surface area is 70.9 Å². The molecule has 2 rings (SSSR count). The van der Waals surface area contributed by atoms with Crippen molar-refractivity contribution in [1.82, 2.24) is 5.06 Å². The number of hydrogen-bond acceptors (Lipinski definition) is 3. The predicted octanol–water partition coefficient (Wildman–Crippen LogP) is 0.288. The summed E-state index contributed by atoms with van der Waals surface area (Å²) >= 11 is 0. The van der Waals surface area contributed by atoms with Crippen molar-refractivity contribution in [3.63, 3.8) is 0 Å². The molecule has 2 aliphatic rings. The molecule has 12 heavy (non-hydrogen) atoms. The summed E-state index contributed by atoms with van der Waals surface area (Å²) in [6, 6.07) is 0. The lowest BCUT2D eigenvalue weighted by molar-refractivity contribution is -0.485. The molecule has 0 spiro atoms. The van der Waals surface area contributed by atoms with Crippen molar-refractivity contribution in [3.8, 4) is 0 Å². The van der Waals surface area contributed by atoms with Gasteiger partial charge in [-0.1, -0.05) is 6.08 Å². The molecule has 4 nitrogen and oxygen atoms in total. The van der Waals surface area contributed by atoms with Crippen LogP contribution < -0.4 is 0 Å². The van der Waals surface area contributed by atoms with Crippen LogP contribution in [0.25, 0.3) is 0 Å². The van der Waals surface area contributed by atoms with E-state index in [0.29, 0.717) is 6.08 Å². The average molecular weight is 167 g/mol. The first kappa shape index (κ1) is 7.21. The molecule has 0 aliphatic carbocycles. The number of hydroxylamine groups is 2. The lowest BCUT2D eigenvalue weighted by Gasteiger charge is -2.13. The van der Waals surface area contributed by atoms with Gasteiger partial charge >= 0.3 is 6.08 Å². The van der Waals surface area contributed by atoms with Gasteiger partial charge in [-0.25, -0.2) is 0 Å². The van der Waals surface area contributed by atoms with Crippen molar-refractivity contribution in [1.29, 1.82) is 0 Å². The molecule has 0 saturated carbocycles. The second-order valence-electron chi connectivity index (χ2n) is 2.85. The van der Waals surface area contributed by atoms with Gasteiger partial charge in [0.05, 0.1) is 0 Å². The Balaban J connectivity index is 2.21. The summed E-state index contributed by atoms with van der Waals surface area (Å²) in [7, 11) is 3.75. The molecule has 0 aromatic carbocycles. The smallest absolute Gasteiger partial charge is 0.382 e. The van der Waals surface area contributed by atoms with Crippen molar-refractivity contribution < 1.29 is 14.1 Å². The molecule has 0 aromatic rings. The van der Waals surface area contributed by atoms with Gasteiger partial charge in [0, 0.05) is 6.20 Å². The van der Waals surface area contributed by atoms with Crippen molar-refractivity contribution in [2.24, 2.45) is 0 Å². The molecule has 0 amide bonds. The Bertz CT molecular complexity index is 255. The standard InChI is InChI=1S/C8H11N2O2/c1-9(2)8-11-7-5-3-4-6-10(7)12-8/h3-7H,1-2H3/q+1. The van der Waals surface area contributed by atoms with Crippen LogP contribution in [0.2, 0.25) is 0 Å². The van der Waals surface area contributed by atoms with Gasteiger partial charge in [-0.3, -0.25) is 4.84 Å². The van der Waals surface area contributed by atoms with Crippen molar-refractivity contribution in [2.75, 3.05) is 14.1 Å². The topological polar surface area (TPSA) is 24.7 Å². The zero-order valence-corrected chi connectivity index (χ0v) is 7.10. The number of ether oxygens (including phenoxy) is 1. The van der Waals surface area contributed by atoms with E-state index in [4.69, 9.17) is 9.57 Å². The molecular weight excluding hydrogens is 156 g/mol. The Morgan fingerprint density at radius 2 is 2.25 bits per heavy atom. The molecule has 0 aromatic heterocycles. The van der Waals surface area contributed by atoms with Gasteiger partial charge in [0.2, 0.25) is 6.23 Å². The van der Waals surface area contributed by atoms with E-state index in [-0.39, 0.29) is 6.23 Å². The molecule has 2 heterocycles. The van der Waals surface area contributed by atoms with E-state index >= 15 is 0 Å². The first-order valence-electron chi connectivity index (χ1n) is 3.79. The second kappa shape index (κ2) is 2.55. The summed E-state index contributed by atoms with van der Waals surface area (Å²) in [5.41, 5.74) is 0. The lowest BCUT2D eigenvalue weighted by Crippen LogP contribution is -2.22. The highest BCUT2D eigenvalue weighted by Gasteiger charge is 2.34. The highest BCUT2D eigenvalue weighted by atomic mass is 16.9. The number of rotatable bonds is 0. The number of nitrogens with zero attached hydrogens (tertiary/aromatic N) is 2. The first-order valence-corrected chi connectivity index (χ1v) is 3.79.